The van der Waals surface area contributed by atoms with E-state index in [1.54, 1.807) is 18.6 Å². The zero-order valence-corrected chi connectivity index (χ0v) is 7.74. The maximum Gasteiger partial charge on any atom is 0.139 e. The van der Waals surface area contributed by atoms with E-state index in [0.29, 0.717) is 6.42 Å². The molecule has 0 radical (unpaired) electrons. The highest BCUT2D eigenvalue weighted by molar-refractivity contribution is 7.99. The first-order valence-electron chi connectivity index (χ1n) is 3.68. The van der Waals surface area contributed by atoms with Crippen molar-refractivity contribution in [2.24, 2.45) is 10.9 Å². The first-order valence-corrected chi connectivity index (χ1v) is 4.66. The van der Waals surface area contributed by atoms with Crippen molar-refractivity contribution < 1.29 is 5.21 Å². The van der Waals surface area contributed by atoms with Crippen molar-refractivity contribution in [3.63, 3.8) is 0 Å². The smallest absolute Gasteiger partial charge is 0.139 e. The number of rotatable bonds is 4. The molecule has 3 N–H and O–H groups in total. The summed E-state index contributed by atoms with van der Waals surface area (Å²) in [6.07, 6.45) is 5.47. The van der Waals surface area contributed by atoms with Gasteiger partial charge in [0.15, 0.2) is 0 Å². The molecule has 0 aliphatic rings. The second-order valence-corrected chi connectivity index (χ2v) is 3.35. The van der Waals surface area contributed by atoms with Crippen LogP contribution >= 0.6 is 11.8 Å². The molecule has 1 rings (SSSR count). The Kier molecular flexibility index (Phi) is 4.04. The maximum atomic E-state index is 8.26. The Labute approximate surface area is 80.1 Å². The van der Waals surface area contributed by atoms with Gasteiger partial charge in [-0.25, -0.2) is 4.98 Å². The van der Waals surface area contributed by atoms with Crippen LogP contribution in [0.2, 0.25) is 0 Å². The van der Waals surface area contributed by atoms with Crippen LogP contribution in [-0.4, -0.2) is 26.8 Å². The van der Waals surface area contributed by atoms with Crippen LogP contribution in [0.25, 0.3) is 0 Å². The van der Waals surface area contributed by atoms with Crippen LogP contribution in [0, 0.1) is 0 Å². The van der Waals surface area contributed by atoms with E-state index in [1.807, 2.05) is 0 Å². The van der Waals surface area contributed by atoms with Gasteiger partial charge < -0.3 is 10.9 Å². The normalized spacial score (nSPS) is 11.5. The number of nitrogens with zero attached hydrogens (tertiary/aromatic N) is 3. The zero-order chi connectivity index (χ0) is 9.52. The molecule has 1 heterocycles. The summed E-state index contributed by atoms with van der Waals surface area (Å²) in [5.74, 6) is 0.964. The molecular formula is C7H10N4OS. The number of aromatic nitrogens is 2. The average molecular weight is 198 g/mol. The van der Waals surface area contributed by atoms with Gasteiger partial charge in [-0.15, -0.1) is 11.8 Å². The fraction of sp³-hybridized carbons (Fsp3) is 0.286. The molecular weight excluding hydrogens is 188 g/mol. The molecule has 0 unspecified atom stereocenters. The molecule has 1 aromatic rings. The summed E-state index contributed by atoms with van der Waals surface area (Å²) in [5.41, 5.74) is 5.29. The second-order valence-electron chi connectivity index (χ2n) is 2.23. The minimum Gasteiger partial charge on any atom is -0.409 e. The van der Waals surface area contributed by atoms with Crippen LogP contribution in [0.15, 0.2) is 28.8 Å². The summed E-state index contributed by atoms with van der Waals surface area (Å²) < 4.78 is 0. The van der Waals surface area contributed by atoms with Crippen LogP contribution in [0.5, 0.6) is 0 Å². The predicted octanol–water partition coefficient (Wildman–Crippen LogP) is 0.705. The molecule has 1 aromatic heterocycles. The Morgan fingerprint density at radius 1 is 1.62 bits per heavy atom. The van der Waals surface area contributed by atoms with E-state index in [-0.39, 0.29) is 5.84 Å². The molecule has 0 aliphatic carbocycles. The summed E-state index contributed by atoms with van der Waals surface area (Å²) in [4.78, 5) is 7.97. The van der Waals surface area contributed by atoms with E-state index in [4.69, 9.17) is 10.9 Å². The average Bonchev–Trinajstić information content (AvgIpc) is 2.19. The lowest BCUT2D eigenvalue weighted by atomic mass is 10.5. The van der Waals surface area contributed by atoms with Gasteiger partial charge in [0.2, 0.25) is 0 Å². The monoisotopic (exact) mass is 198 g/mol. The quantitative estimate of drug-likeness (QED) is 0.245. The van der Waals surface area contributed by atoms with Crippen LogP contribution in [-0.2, 0) is 0 Å². The molecule has 0 bridgehead atoms. The molecule has 0 amide bonds. The van der Waals surface area contributed by atoms with Gasteiger partial charge in [0.1, 0.15) is 10.9 Å². The highest BCUT2D eigenvalue weighted by Crippen LogP contribution is 2.13. The Balaban J connectivity index is 2.28. The van der Waals surface area contributed by atoms with Crippen molar-refractivity contribution >= 4 is 17.6 Å². The van der Waals surface area contributed by atoms with Crippen molar-refractivity contribution in [1.82, 2.24) is 9.97 Å². The Bertz CT molecular complexity index is 277. The molecule has 6 heteroatoms. The summed E-state index contributed by atoms with van der Waals surface area (Å²) in [6.45, 7) is 0. The Hall–Kier alpha value is -1.30. The lowest BCUT2D eigenvalue weighted by Crippen LogP contribution is -2.12. The molecule has 0 aliphatic heterocycles. The summed E-state index contributed by atoms with van der Waals surface area (Å²) in [5, 5.41) is 12.0. The molecule has 70 valence electrons. The second kappa shape index (κ2) is 5.36. The highest BCUT2D eigenvalue weighted by Gasteiger charge is 1.96. The number of thioether (sulfide) groups is 1. The van der Waals surface area contributed by atoms with Crippen LogP contribution in [0.4, 0.5) is 0 Å². The summed E-state index contributed by atoms with van der Waals surface area (Å²) >= 11 is 1.52. The van der Waals surface area contributed by atoms with Crippen LogP contribution < -0.4 is 5.73 Å². The van der Waals surface area contributed by atoms with E-state index in [1.165, 1.54) is 11.8 Å². The molecule has 0 saturated carbocycles. The van der Waals surface area contributed by atoms with E-state index in [9.17, 15) is 0 Å². The molecule has 13 heavy (non-hydrogen) atoms. The standard InChI is InChI=1S/C7H10N4OS/c8-6(11-12)1-4-13-7-5-9-2-3-10-7/h2-3,5,12H,1,4H2,(H2,8,11). The van der Waals surface area contributed by atoms with Gasteiger partial charge in [0.05, 0.1) is 6.20 Å². The zero-order valence-electron chi connectivity index (χ0n) is 6.92. The van der Waals surface area contributed by atoms with Gasteiger partial charge >= 0.3 is 0 Å². The van der Waals surface area contributed by atoms with Gasteiger partial charge in [-0.05, 0) is 0 Å². The fourth-order valence-electron chi connectivity index (χ4n) is 0.670. The van der Waals surface area contributed by atoms with Crippen molar-refractivity contribution in [2.45, 2.75) is 11.4 Å². The van der Waals surface area contributed by atoms with Crippen LogP contribution in [0.1, 0.15) is 6.42 Å². The lowest BCUT2D eigenvalue weighted by molar-refractivity contribution is 0.317. The number of hydrogen-bond acceptors (Lipinski definition) is 5. The van der Waals surface area contributed by atoms with Crippen molar-refractivity contribution in [3.8, 4) is 0 Å². The van der Waals surface area contributed by atoms with Crippen molar-refractivity contribution in [1.29, 1.82) is 0 Å². The van der Waals surface area contributed by atoms with Crippen molar-refractivity contribution in [2.75, 3.05) is 5.75 Å². The van der Waals surface area contributed by atoms with Crippen LogP contribution in [0.3, 0.4) is 0 Å². The third kappa shape index (κ3) is 3.75. The van der Waals surface area contributed by atoms with E-state index >= 15 is 0 Å². The van der Waals surface area contributed by atoms with Gasteiger partial charge in [0, 0.05) is 24.6 Å². The Morgan fingerprint density at radius 2 is 2.46 bits per heavy atom. The molecule has 5 nitrogen and oxygen atoms in total. The maximum absolute atomic E-state index is 8.26. The number of hydrogen-bond donors (Lipinski definition) is 2. The van der Waals surface area contributed by atoms with E-state index < -0.39 is 0 Å². The SMILES string of the molecule is NC(CCSc1cnccn1)=NO. The molecule has 0 saturated heterocycles. The fourth-order valence-corrected chi connectivity index (χ4v) is 1.46. The summed E-state index contributed by atoms with van der Waals surface area (Å²) in [7, 11) is 0. The number of nitrogens with two attached hydrogens (primary N) is 1. The van der Waals surface area contributed by atoms with Gasteiger partial charge in [0.25, 0.3) is 0 Å². The lowest BCUT2D eigenvalue weighted by Gasteiger charge is -1.98. The molecule has 0 atom stereocenters. The third-order valence-electron chi connectivity index (χ3n) is 1.28. The van der Waals surface area contributed by atoms with Crippen molar-refractivity contribution in [3.05, 3.63) is 18.6 Å². The minimum absolute atomic E-state index is 0.233. The molecule has 0 aromatic carbocycles. The van der Waals surface area contributed by atoms with Gasteiger partial charge in [-0.3, -0.25) is 4.98 Å². The van der Waals surface area contributed by atoms with E-state index in [2.05, 4.69) is 15.1 Å². The molecule has 0 spiro atoms. The predicted molar refractivity (Wildman–Crippen MR) is 50.8 cm³/mol. The first kappa shape index (κ1) is 9.79. The number of oxime groups is 1. The minimum atomic E-state index is 0.233. The third-order valence-corrected chi connectivity index (χ3v) is 2.19. The molecule has 0 fully saturated rings. The van der Waals surface area contributed by atoms with E-state index in [0.717, 1.165) is 10.8 Å². The summed E-state index contributed by atoms with van der Waals surface area (Å²) in [6, 6.07) is 0. The Morgan fingerprint density at radius 3 is 3.08 bits per heavy atom. The number of amidine groups is 1. The largest absolute Gasteiger partial charge is 0.409 e. The first-order chi connectivity index (χ1) is 6.33. The topological polar surface area (TPSA) is 84.4 Å². The van der Waals surface area contributed by atoms with Gasteiger partial charge in [-0.1, -0.05) is 5.16 Å². The highest BCUT2D eigenvalue weighted by atomic mass is 32.2. The van der Waals surface area contributed by atoms with Gasteiger partial charge in [-0.2, -0.15) is 0 Å².